The van der Waals surface area contributed by atoms with Crippen molar-refractivity contribution in [3.8, 4) is 11.5 Å². The van der Waals surface area contributed by atoms with Crippen molar-refractivity contribution in [2.45, 2.75) is 6.92 Å². The van der Waals surface area contributed by atoms with Gasteiger partial charge in [0, 0.05) is 18.7 Å². The zero-order chi connectivity index (χ0) is 18.0. The van der Waals surface area contributed by atoms with Gasteiger partial charge in [0.05, 0.1) is 15.7 Å². The minimum atomic E-state index is -0.384. The lowest BCUT2D eigenvalue weighted by Crippen LogP contribution is -2.36. The Hall–Kier alpha value is -2.44. The van der Waals surface area contributed by atoms with Crippen molar-refractivity contribution >= 4 is 46.4 Å². The molecule has 0 aliphatic carbocycles. The van der Waals surface area contributed by atoms with Crippen molar-refractivity contribution in [3.63, 3.8) is 0 Å². The smallest absolute Gasteiger partial charge is 0.244 e. The Balaban J connectivity index is 1.75. The van der Waals surface area contributed by atoms with Crippen molar-refractivity contribution in [2.75, 3.05) is 23.6 Å². The van der Waals surface area contributed by atoms with Crippen LogP contribution in [0.1, 0.15) is 6.92 Å². The van der Waals surface area contributed by atoms with Gasteiger partial charge in [-0.25, -0.2) is 0 Å². The van der Waals surface area contributed by atoms with Crippen LogP contribution < -0.4 is 19.7 Å². The van der Waals surface area contributed by atoms with Gasteiger partial charge in [0.25, 0.3) is 0 Å². The van der Waals surface area contributed by atoms with Crippen LogP contribution in [0.15, 0.2) is 36.4 Å². The lowest BCUT2D eigenvalue weighted by atomic mass is 10.2. The fourth-order valence-corrected chi connectivity index (χ4v) is 2.78. The molecule has 8 heteroatoms. The van der Waals surface area contributed by atoms with Gasteiger partial charge < -0.3 is 19.7 Å². The molecule has 2 aromatic carbocycles. The second-order valence-corrected chi connectivity index (χ2v) is 6.08. The number of ether oxygens (including phenoxy) is 2. The molecule has 1 N–H and O–H groups in total. The van der Waals surface area contributed by atoms with E-state index in [0.29, 0.717) is 27.9 Å². The molecule has 2 aromatic rings. The molecule has 0 bridgehead atoms. The van der Waals surface area contributed by atoms with Crippen LogP contribution >= 0.6 is 23.2 Å². The average Bonchev–Trinajstić information content (AvgIpc) is 3.03. The van der Waals surface area contributed by atoms with E-state index in [1.165, 1.54) is 11.8 Å². The summed E-state index contributed by atoms with van der Waals surface area (Å²) in [4.78, 5) is 25.6. The highest BCUT2D eigenvalue weighted by Gasteiger charge is 2.20. The SMILES string of the molecule is CC(=O)N(CC(=O)Nc1ccc2c(c1)OCO2)c1cccc(Cl)c1Cl. The summed E-state index contributed by atoms with van der Waals surface area (Å²) in [7, 11) is 0. The summed E-state index contributed by atoms with van der Waals surface area (Å²) in [5, 5.41) is 3.24. The maximum absolute atomic E-state index is 12.3. The van der Waals surface area contributed by atoms with Gasteiger partial charge in [0.1, 0.15) is 6.54 Å². The maximum Gasteiger partial charge on any atom is 0.244 e. The summed E-state index contributed by atoms with van der Waals surface area (Å²) in [6, 6.07) is 9.95. The van der Waals surface area contributed by atoms with Gasteiger partial charge in [-0.1, -0.05) is 29.3 Å². The summed E-state index contributed by atoms with van der Waals surface area (Å²) < 4.78 is 10.5. The average molecular weight is 381 g/mol. The molecule has 1 aliphatic heterocycles. The van der Waals surface area contributed by atoms with Gasteiger partial charge in [-0.2, -0.15) is 0 Å². The van der Waals surface area contributed by atoms with Crippen LogP contribution in [0.3, 0.4) is 0 Å². The summed E-state index contributed by atoms with van der Waals surface area (Å²) >= 11 is 12.1. The molecule has 0 radical (unpaired) electrons. The Labute approximate surface area is 154 Å². The van der Waals surface area contributed by atoms with E-state index in [9.17, 15) is 9.59 Å². The monoisotopic (exact) mass is 380 g/mol. The molecule has 0 spiro atoms. The van der Waals surface area contributed by atoms with E-state index >= 15 is 0 Å². The Morgan fingerprint density at radius 2 is 1.92 bits per heavy atom. The number of nitrogens with one attached hydrogen (secondary N) is 1. The first-order valence-electron chi connectivity index (χ1n) is 7.37. The number of rotatable bonds is 4. The minimum Gasteiger partial charge on any atom is -0.454 e. The summed E-state index contributed by atoms with van der Waals surface area (Å²) in [5.74, 6) is 0.461. The molecule has 1 heterocycles. The Morgan fingerprint density at radius 1 is 1.16 bits per heavy atom. The molecule has 1 aliphatic rings. The largest absolute Gasteiger partial charge is 0.454 e. The predicted octanol–water partition coefficient (Wildman–Crippen LogP) is 3.71. The van der Waals surface area contributed by atoms with Crippen LogP contribution in [0.4, 0.5) is 11.4 Å². The fourth-order valence-electron chi connectivity index (χ4n) is 2.39. The Bertz CT molecular complexity index is 841. The van der Waals surface area contributed by atoms with Crippen LogP contribution in [-0.4, -0.2) is 25.2 Å². The summed E-state index contributed by atoms with van der Waals surface area (Å²) in [6.45, 7) is 1.30. The predicted molar refractivity (Wildman–Crippen MR) is 95.7 cm³/mol. The zero-order valence-corrected chi connectivity index (χ0v) is 14.7. The van der Waals surface area contributed by atoms with Crippen molar-refractivity contribution in [1.82, 2.24) is 0 Å². The van der Waals surface area contributed by atoms with Crippen molar-refractivity contribution in [1.29, 1.82) is 0 Å². The Morgan fingerprint density at radius 3 is 2.68 bits per heavy atom. The number of halogens is 2. The third-order valence-corrected chi connectivity index (χ3v) is 4.37. The van der Waals surface area contributed by atoms with E-state index in [4.69, 9.17) is 32.7 Å². The number of anilines is 2. The standard InChI is InChI=1S/C17H14Cl2N2O4/c1-10(22)21(13-4-2-3-12(18)17(13)19)8-16(23)20-11-5-6-14-15(7-11)25-9-24-14/h2-7H,8-9H2,1H3,(H,20,23). The molecule has 3 rings (SSSR count). The molecule has 0 saturated heterocycles. The van der Waals surface area contributed by atoms with Crippen molar-refractivity contribution < 1.29 is 19.1 Å². The van der Waals surface area contributed by atoms with Crippen LogP contribution in [-0.2, 0) is 9.59 Å². The van der Waals surface area contributed by atoms with Crippen molar-refractivity contribution in [3.05, 3.63) is 46.4 Å². The third-order valence-electron chi connectivity index (χ3n) is 3.56. The first kappa shape index (κ1) is 17.4. The lowest BCUT2D eigenvalue weighted by molar-refractivity contribution is -0.120. The van der Waals surface area contributed by atoms with Gasteiger partial charge in [-0.3, -0.25) is 9.59 Å². The fraction of sp³-hybridized carbons (Fsp3) is 0.176. The topological polar surface area (TPSA) is 67.9 Å². The second kappa shape index (κ2) is 7.21. The number of carbonyl (C=O) groups excluding carboxylic acids is 2. The molecule has 6 nitrogen and oxygen atoms in total. The number of carbonyl (C=O) groups is 2. The summed E-state index contributed by atoms with van der Waals surface area (Å²) in [6.07, 6.45) is 0. The Kier molecular flexibility index (Phi) is 5.01. The van der Waals surface area contributed by atoms with E-state index < -0.39 is 0 Å². The third kappa shape index (κ3) is 3.81. The molecule has 0 unspecified atom stereocenters. The van der Waals surface area contributed by atoms with E-state index in [0.717, 1.165) is 0 Å². The highest BCUT2D eigenvalue weighted by atomic mass is 35.5. The van der Waals surface area contributed by atoms with Gasteiger partial charge in [0.2, 0.25) is 18.6 Å². The van der Waals surface area contributed by atoms with Crippen LogP contribution in [0.25, 0.3) is 0 Å². The molecule has 130 valence electrons. The molecular formula is C17H14Cl2N2O4. The minimum absolute atomic E-state index is 0.151. The molecular weight excluding hydrogens is 367 g/mol. The first-order chi connectivity index (χ1) is 12.0. The van der Waals surface area contributed by atoms with E-state index in [1.807, 2.05) is 0 Å². The number of hydrogen-bond acceptors (Lipinski definition) is 4. The zero-order valence-electron chi connectivity index (χ0n) is 13.2. The summed E-state index contributed by atoms with van der Waals surface area (Å²) in [5.41, 5.74) is 0.914. The molecule has 2 amide bonds. The number of nitrogens with zero attached hydrogens (tertiary/aromatic N) is 1. The maximum atomic E-state index is 12.3. The van der Waals surface area contributed by atoms with E-state index in [-0.39, 0.29) is 30.2 Å². The number of fused-ring (bicyclic) bond motifs is 1. The van der Waals surface area contributed by atoms with Gasteiger partial charge in [0.15, 0.2) is 11.5 Å². The van der Waals surface area contributed by atoms with E-state index in [1.54, 1.807) is 36.4 Å². The molecule has 25 heavy (non-hydrogen) atoms. The van der Waals surface area contributed by atoms with Gasteiger partial charge >= 0.3 is 0 Å². The van der Waals surface area contributed by atoms with Crippen LogP contribution in [0, 0.1) is 0 Å². The number of benzene rings is 2. The number of hydrogen-bond donors (Lipinski definition) is 1. The molecule has 0 fully saturated rings. The highest BCUT2D eigenvalue weighted by molar-refractivity contribution is 6.44. The van der Waals surface area contributed by atoms with Crippen LogP contribution in [0.5, 0.6) is 11.5 Å². The first-order valence-corrected chi connectivity index (χ1v) is 8.13. The number of amides is 2. The van der Waals surface area contributed by atoms with Gasteiger partial charge in [-0.15, -0.1) is 0 Å². The van der Waals surface area contributed by atoms with Crippen LogP contribution in [0.2, 0.25) is 10.0 Å². The molecule has 0 atom stereocenters. The normalized spacial score (nSPS) is 12.0. The van der Waals surface area contributed by atoms with Gasteiger partial charge in [-0.05, 0) is 24.3 Å². The molecule has 0 saturated carbocycles. The highest BCUT2D eigenvalue weighted by Crippen LogP contribution is 2.35. The quantitative estimate of drug-likeness (QED) is 0.877. The van der Waals surface area contributed by atoms with Crippen molar-refractivity contribution in [2.24, 2.45) is 0 Å². The lowest BCUT2D eigenvalue weighted by Gasteiger charge is -2.22. The second-order valence-electron chi connectivity index (χ2n) is 5.29. The van der Waals surface area contributed by atoms with E-state index in [2.05, 4.69) is 5.32 Å². The molecule has 0 aromatic heterocycles.